The first-order chi connectivity index (χ1) is 6.74. The van der Waals surface area contributed by atoms with Crippen LogP contribution in [-0.2, 0) is 11.2 Å². The average molecular weight is 187 g/mol. The average Bonchev–Trinajstić information content (AvgIpc) is 2.62. The van der Waals surface area contributed by atoms with Crippen molar-refractivity contribution in [1.82, 2.24) is 5.32 Å². The second-order valence-electron chi connectivity index (χ2n) is 4.42. The van der Waals surface area contributed by atoms with Crippen LogP contribution in [0.25, 0.3) is 0 Å². The first kappa shape index (κ1) is 8.04. The van der Waals surface area contributed by atoms with Crippen molar-refractivity contribution in [2.24, 2.45) is 5.92 Å². The molecule has 2 aliphatic rings. The van der Waals surface area contributed by atoms with Gasteiger partial charge in [-0.1, -0.05) is 23.8 Å². The van der Waals surface area contributed by atoms with Crippen LogP contribution in [0, 0.1) is 12.8 Å². The lowest BCUT2D eigenvalue weighted by molar-refractivity contribution is -0.119. The highest BCUT2D eigenvalue weighted by Gasteiger charge is 2.39. The normalized spacial score (nSPS) is 28.5. The smallest absolute Gasteiger partial charge is 0.220 e. The third-order valence-electron chi connectivity index (χ3n) is 3.35. The minimum absolute atomic E-state index is 0.215. The first-order valence-electron chi connectivity index (χ1n) is 5.13. The molecule has 1 fully saturated rings. The summed E-state index contributed by atoms with van der Waals surface area (Å²) in [6.07, 6.45) is 1.78. The molecular weight excluding hydrogens is 174 g/mol. The summed E-state index contributed by atoms with van der Waals surface area (Å²) in [6.45, 7) is 2.10. The van der Waals surface area contributed by atoms with Gasteiger partial charge in [0.25, 0.3) is 0 Å². The fourth-order valence-electron chi connectivity index (χ4n) is 2.70. The molecule has 2 heteroatoms. The van der Waals surface area contributed by atoms with Gasteiger partial charge < -0.3 is 5.32 Å². The van der Waals surface area contributed by atoms with Crippen molar-refractivity contribution in [2.45, 2.75) is 25.8 Å². The molecule has 2 atom stereocenters. The van der Waals surface area contributed by atoms with Gasteiger partial charge in [-0.2, -0.15) is 0 Å². The highest BCUT2D eigenvalue weighted by molar-refractivity contribution is 5.80. The molecule has 1 amide bonds. The molecule has 0 radical (unpaired) electrons. The summed E-state index contributed by atoms with van der Waals surface area (Å²) in [5.41, 5.74) is 4.05. The van der Waals surface area contributed by atoms with Gasteiger partial charge in [0.1, 0.15) is 0 Å². The van der Waals surface area contributed by atoms with Crippen molar-refractivity contribution in [3.05, 3.63) is 34.9 Å². The van der Waals surface area contributed by atoms with E-state index in [9.17, 15) is 4.79 Å². The minimum Gasteiger partial charge on any atom is -0.349 e. The van der Waals surface area contributed by atoms with Crippen LogP contribution in [0.4, 0.5) is 0 Å². The van der Waals surface area contributed by atoms with Crippen LogP contribution in [0.3, 0.4) is 0 Å². The molecule has 2 unspecified atom stereocenters. The van der Waals surface area contributed by atoms with E-state index in [1.54, 1.807) is 0 Å². The van der Waals surface area contributed by atoms with E-state index in [-0.39, 0.29) is 5.91 Å². The summed E-state index contributed by atoms with van der Waals surface area (Å²) in [5.74, 6) is 0.728. The second kappa shape index (κ2) is 2.59. The minimum atomic E-state index is 0.215. The number of rotatable bonds is 0. The lowest BCUT2D eigenvalue weighted by atomic mass is 10.0. The van der Waals surface area contributed by atoms with Crippen molar-refractivity contribution in [1.29, 1.82) is 0 Å². The van der Waals surface area contributed by atoms with E-state index in [1.165, 1.54) is 16.7 Å². The standard InChI is InChI=1S/C12H13NO/c1-7-2-3-8-5-9-6-11(14)13-12(9)10(8)4-7/h2-4,9,12H,5-6H2,1H3,(H,13,14). The van der Waals surface area contributed by atoms with Crippen molar-refractivity contribution in [3.63, 3.8) is 0 Å². The van der Waals surface area contributed by atoms with Crippen molar-refractivity contribution in [3.8, 4) is 0 Å². The Morgan fingerprint density at radius 2 is 2.21 bits per heavy atom. The predicted molar refractivity (Wildman–Crippen MR) is 53.9 cm³/mol. The van der Waals surface area contributed by atoms with Gasteiger partial charge in [0.2, 0.25) is 5.91 Å². The number of fused-ring (bicyclic) bond motifs is 3. The van der Waals surface area contributed by atoms with Gasteiger partial charge in [-0.25, -0.2) is 0 Å². The van der Waals surface area contributed by atoms with Gasteiger partial charge in [0.05, 0.1) is 6.04 Å². The molecule has 14 heavy (non-hydrogen) atoms. The third kappa shape index (κ3) is 0.999. The maximum atomic E-state index is 11.2. The summed E-state index contributed by atoms with van der Waals surface area (Å²) in [7, 11) is 0. The first-order valence-corrected chi connectivity index (χ1v) is 5.13. The highest BCUT2D eigenvalue weighted by atomic mass is 16.2. The molecule has 1 heterocycles. The van der Waals surface area contributed by atoms with E-state index in [2.05, 4.69) is 30.4 Å². The van der Waals surface area contributed by atoms with E-state index in [0.717, 1.165) is 6.42 Å². The van der Waals surface area contributed by atoms with E-state index in [1.807, 2.05) is 0 Å². The zero-order valence-electron chi connectivity index (χ0n) is 8.21. The number of amides is 1. The predicted octanol–water partition coefficient (Wildman–Crippen LogP) is 1.73. The van der Waals surface area contributed by atoms with Crippen LogP contribution in [0.1, 0.15) is 29.2 Å². The topological polar surface area (TPSA) is 29.1 Å². The Balaban J connectivity index is 2.07. The van der Waals surface area contributed by atoms with E-state index < -0.39 is 0 Å². The highest BCUT2D eigenvalue weighted by Crippen LogP contribution is 2.41. The Morgan fingerprint density at radius 1 is 1.36 bits per heavy atom. The van der Waals surface area contributed by atoms with Gasteiger partial charge >= 0.3 is 0 Å². The molecule has 1 aromatic carbocycles. The molecule has 2 nitrogen and oxygen atoms in total. The SMILES string of the molecule is Cc1ccc2c(c1)C1NC(=O)CC1C2. The Kier molecular flexibility index (Phi) is 1.49. The molecule has 0 bridgehead atoms. The van der Waals surface area contributed by atoms with Gasteiger partial charge in [-0.3, -0.25) is 4.79 Å². The van der Waals surface area contributed by atoms with E-state index >= 15 is 0 Å². The lowest BCUT2D eigenvalue weighted by Gasteiger charge is -2.10. The molecule has 72 valence electrons. The molecular formula is C12H13NO. The monoisotopic (exact) mass is 187 g/mol. The van der Waals surface area contributed by atoms with Gasteiger partial charge in [0, 0.05) is 6.42 Å². The van der Waals surface area contributed by atoms with Crippen LogP contribution in [0.5, 0.6) is 0 Å². The molecule has 1 aliphatic carbocycles. The number of nitrogens with one attached hydrogen (secondary N) is 1. The summed E-state index contributed by atoms with van der Waals surface area (Å²) >= 11 is 0. The van der Waals surface area contributed by atoms with Crippen LogP contribution >= 0.6 is 0 Å². The largest absolute Gasteiger partial charge is 0.349 e. The van der Waals surface area contributed by atoms with E-state index in [4.69, 9.17) is 0 Å². The zero-order chi connectivity index (χ0) is 9.71. The fraction of sp³-hybridized carbons (Fsp3) is 0.417. The molecule has 0 saturated carbocycles. The summed E-state index contributed by atoms with van der Waals surface area (Å²) in [5, 5.41) is 3.06. The molecule has 1 aromatic rings. The van der Waals surface area contributed by atoms with Crippen LogP contribution in [-0.4, -0.2) is 5.91 Å². The lowest BCUT2D eigenvalue weighted by Crippen LogP contribution is -2.18. The molecule has 1 aliphatic heterocycles. The number of aryl methyl sites for hydroxylation is 1. The Morgan fingerprint density at radius 3 is 3.07 bits per heavy atom. The van der Waals surface area contributed by atoms with Gasteiger partial charge in [0.15, 0.2) is 0 Å². The summed E-state index contributed by atoms with van der Waals surface area (Å²) in [6, 6.07) is 6.88. The molecule has 0 spiro atoms. The second-order valence-corrected chi connectivity index (χ2v) is 4.42. The number of carbonyl (C=O) groups excluding carboxylic acids is 1. The zero-order valence-corrected chi connectivity index (χ0v) is 8.21. The molecule has 0 aromatic heterocycles. The van der Waals surface area contributed by atoms with Crippen molar-refractivity contribution in [2.75, 3.05) is 0 Å². The third-order valence-corrected chi connectivity index (χ3v) is 3.35. The van der Waals surface area contributed by atoms with Gasteiger partial charge in [-0.15, -0.1) is 0 Å². The summed E-state index contributed by atoms with van der Waals surface area (Å²) < 4.78 is 0. The van der Waals surface area contributed by atoms with E-state index in [0.29, 0.717) is 18.4 Å². The Hall–Kier alpha value is -1.31. The Labute approximate surface area is 83.3 Å². The quantitative estimate of drug-likeness (QED) is 0.658. The van der Waals surface area contributed by atoms with Gasteiger partial charge in [-0.05, 0) is 30.4 Å². The Bertz CT molecular complexity index is 411. The maximum absolute atomic E-state index is 11.2. The molecule has 1 saturated heterocycles. The number of hydrogen-bond acceptors (Lipinski definition) is 1. The number of benzene rings is 1. The molecule has 1 N–H and O–H groups in total. The van der Waals surface area contributed by atoms with Crippen molar-refractivity contribution >= 4 is 5.91 Å². The number of hydrogen-bond donors (Lipinski definition) is 1. The van der Waals surface area contributed by atoms with Crippen LogP contribution in [0.2, 0.25) is 0 Å². The number of carbonyl (C=O) groups is 1. The van der Waals surface area contributed by atoms with Crippen LogP contribution in [0.15, 0.2) is 18.2 Å². The fourth-order valence-corrected chi connectivity index (χ4v) is 2.70. The van der Waals surface area contributed by atoms with Crippen molar-refractivity contribution < 1.29 is 4.79 Å². The molecule has 3 rings (SSSR count). The maximum Gasteiger partial charge on any atom is 0.220 e. The summed E-state index contributed by atoms with van der Waals surface area (Å²) in [4.78, 5) is 11.2. The van der Waals surface area contributed by atoms with Crippen LogP contribution < -0.4 is 5.32 Å².